The van der Waals surface area contributed by atoms with Gasteiger partial charge in [-0.1, -0.05) is 0 Å². The number of hydrogen-bond acceptors (Lipinski definition) is 4. The van der Waals surface area contributed by atoms with Crippen LogP contribution in [0.25, 0.3) is 0 Å². The van der Waals surface area contributed by atoms with Crippen LogP contribution in [0.2, 0.25) is 0 Å². The van der Waals surface area contributed by atoms with Crippen molar-refractivity contribution in [3.63, 3.8) is 0 Å². The lowest BCUT2D eigenvalue weighted by atomic mass is 9.74. The molecule has 0 radical (unpaired) electrons. The highest BCUT2D eigenvalue weighted by atomic mass is 16.4. The Labute approximate surface area is 118 Å². The summed E-state index contributed by atoms with van der Waals surface area (Å²) in [6, 6.07) is 0.0154. The van der Waals surface area contributed by atoms with Gasteiger partial charge in [-0.2, -0.15) is 0 Å². The third-order valence-electron chi connectivity index (χ3n) is 3.95. The van der Waals surface area contributed by atoms with E-state index in [1.165, 1.54) is 6.20 Å². The molecule has 1 heterocycles. The number of carboxylic acids is 1. The standard InChI is InChI=1S/C14H23N3O3/c1-9(2)17-8-7-15-10(11(17)18)16-14(5,6)13(3,4)12(19)20/h7-9H,1-6H3,(H,15,16)(H,19,20). The highest BCUT2D eigenvalue weighted by Gasteiger charge is 2.44. The number of hydrogen-bond donors (Lipinski definition) is 2. The summed E-state index contributed by atoms with van der Waals surface area (Å²) in [5.74, 6) is -0.768. The van der Waals surface area contributed by atoms with Crippen molar-refractivity contribution in [1.82, 2.24) is 9.55 Å². The minimum atomic E-state index is -1.06. The van der Waals surface area contributed by atoms with E-state index >= 15 is 0 Å². The van der Waals surface area contributed by atoms with Crippen LogP contribution < -0.4 is 10.9 Å². The molecule has 0 amide bonds. The lowest BCUT2D eigenvalue weighted by Crippen LogP contribution is -2.51. The quantitative estimate of drug-likeness (QED) is 0.863. The Bertz CT molecular complexity index is 559. The first kappa shape index (κ1) is 16.2. The van der Waals surface area contributed by atoms with Crippen LogP contribution in [0.5, 0.6) is 0 Å². The highest BCUT2D eigenvalue weighted by Crippen LogP contribution is 2.32. The predicted molar refractivity (Wildman–Crippen MR) is 78.0 cm³/mol. The molecule has 0 aromatic carbocycles. The fraction of sp³-hybridized carbons (Fsp3) is 0.643. The molecule has 1 aromatic rings. The van der Waals surface area contributed by atoms with Crippen LogP contribution in [0, 0.1) is 5.41 Å². The van der Waals surface area contributed by atoms with Crippen LogP contribution in [0.3, 0.4) is 0 Å². The average Bonchev–Trinajstić information content (AvgIpc) is 2.30. The summed E-state index contributed by atoms with van der Waals surface area (Å²) in [5.41, 5.74) is -2.14. The normalized spacial score (nSPS) is 12.6. The second-order valence-corrected chi connectivity index (χ2v) is 6.26. The SMILES string of the molecule is CC(C)n1ccnc(NC(C)(C)C(C)(C)C(=O)O)c1=O. The minimum absolute atomic E-state index is 0.0154. The van der Waals surface area contributed by atoms with Crippen molar-refractivity contribution in [3.05, 3.63) is 22.7 Å². The van der Waals surface area contributed by atoms with Crippen molar-refractivity contribution in [2.75, 3.05) is 5.32 Å². The van der Waals surface area contributed by atoms with Gasteiger partial charge in [-0.25, -0.2) is 4.98 Å². The first-order valence-corrected chi connectivity index (χ1v) is 6.59. The maximum Gasteiger partial charge on any atom is 0.311 e. The first-order valence-electron chi connectivity index (χ1n) is 6.59. The number of anilines is 1. The number of carboxylic acid groups (broad SMARTS) is 1. The summed E-state index contributed by atoms with van der Waals surface area (Å²) in [7, 11) is 0. The van der Waals surface area contributed by atoms with Crippen LogP contribution >= 0.6 is 0 Å². The van der Waals surface area contributed by atoms with Crippen LogP contribution in [0.4, 0.5) is 5.82 Å². The molecule has 0 aliphatic rings. The molecule has 6 nitrogen and oxygen atoms in total. The minimum Gasteiger partial charge on any atom is -0.481 e. The fourth-order valence-corrected chi connectivity index (χ4v) is 1.64. The van der Waals surface area contributed by atoms with Gasteiger partial charge in [0.05, 0.1) is 5.41 Å². The Morgan fingerprint density at radius 2 is 1.90 bits per heavy atom. The van der Waals surface area contributed by atoms with Crippen LogP contribution in [-0.4, -0.2) is 26.2 Å². The summed E-state index contributed by atoms with van der Waals surface area (Å²) >= 11 is 0. The average molecular weight is 281 g/mol. The third-order valence-corrected chi connectivity index (χ3v) is 3.95. The molecule has 1 aromatic heterocycles. The lowest BCUT2D eigenvalue weighted by molar-refractivity contribution is -0.149. The number of nitrogens with zero attached hydrogens (tertiary/aromatic N) is 2. The van der Waals surface area contributed by atoms with E-state index in [0.717, 1.165) is 0 Å². The van der Waals surface area contributed by atoms with Gasteiger partial charge in [0, 0.05) is 24.0 Å². The Morgan fingerprint density at radius 1 is 1.35 bits per heavy atom. The van der Waals surface area contributed by atoms with E-state index in [4.69, 9.17) is 0 Å². The monoisotopic (exact) mass is 281 g/mol. The molecule has 1 rings (SSSR count). The molecular formula is C14H23N3O3. The molecule has 6 heteroatoms. The second-order valence-electron chi connectivity index (χ2n) is 6.26. The van der Waals surface area contributed by atoms with E-state index in [1.807, 2.05) is 13.8 Å². The molecule has 2 N–H and O–H groups in total. The summed E-state index contributed by atoms with van der Waals surface area (Å²) in [4.78, 5) is 27.7. The largest absolute Gasteiger partial charge is 0.481 e. The number of aromatic nitrogens is 2. The van der Waals surface area contributed by atoms with E-state index in [1.54, 1.807) is 38.5 Å². The lowest BCUT2D eigenvalue weighted by Gasteiger charge is -2.39. The fourth-order valence-electron chi connectivity index (χ4n) is 1.64. The molecule has 0 aliphatic heterocycles. The molecule has 0 unspecified atom stereocenters. The molecular weight excluding hydrogens is 258 g/mol. The summed E-state index contributed by atoms with van der Waals surface area (Å²) in [6.45, 7) is 10.5. The summed E-state index contributed by atoms with van der Waals surface area (Å²) in [5, 5.41) is 12.3. The van der Waals surface area contributed by atoms with Gasteiger partial charge in [0.1, 0.15) is 0 Å². The van der Waals surface area contributed by atoms with Gasteiger partial charge in [0.25, 0.3) is 5.56 Å². The van der Waals surface area contributed by atoms with Gasteiger partial charge < -0.3 is 15.0 Å². The maximum absolute atomic E-state index is 12.3. The Hall–Kier alpha value is -1.85. The van der Waals surface area contributed by atoms with E-state index in [-0.39, 0.29) is 17.4 Å². The maximum atomic E-state index is 12.3. The second kappa shape index (κ2) is 5.26. The predicted octanol–water partition coefficient (Wildman–Crippen LogP) is 2.13. The molecule has 0 bridgehead atoms. The number of rotatable bonds is 5. The first-order chi connectivity index (χ1) is 9.00. The van der Waals surface area contributed by atoms with Crippen molar-refractivity contribution in [2.24, 2.45) is 5.41 Å². The van der Waals surface area contributed by atoms with Crippen molar-refractivity contribution >= 4 is 11.8 Å². The third kappa shape index (κ3) is 2.84. The van der Waals surface area contributed by atoms with Crippen LogP contribution in [0.1, 0.15) is 47.6 Å². The van der Waals surface area contributed by atoms with Crippen LogP contribution in [0.15, 0.2) is 17.2 Å². The molecule has 20 heavy (non-hydrogen) atoms. The zero-order valence-electron chi connectivity index (χ0n) is 12.9. The molecule has 0 spiro atoms. The van der Waals surface area contributed by atoms with E-state index < -0.39 is 16.9 Å². The van der Waals surface area contributed by atoms with Crippen LogP contribution in [-0.2, 0) is 4.79 Å². The van der Waals surface area contributed by atoms with Crippen molar-refractivity contribution < 1.29 is 9.90 Å². The van der Waals surface area contributed by atoms with Gasteiger partial charge >= 0.3 is 5.97 Å². The molecule has 112 valence electrons. The molecule has 0 atom stereocenters. The van der Waals surface area contributed by atoms with Crippen molar-refractivity contribution in [1.29, 1.82) is 0 Å². The highest BCUT2D eigenvalue weighted by molar-refractivity contribution is 5.76. The van der Waals surface area contributed by atoms with Crippen molar-refractivity contribution in [3.8, 4) is 0 Å². The van der Waals surface area contributed by atoms with E-state index in [9.17, 15) is 14.7 Å². The van der Waals surface area contributed by atoms with E-state index in [2.05, 4.69) is 10.3 Å². The molecule has 0 saturated carbocycles. The topological polar surface area (TPSA) is 84.2 Å². The smallest absolute Gasteiger partial charge is 0.311 e. The Kier molecular flexibility index (Phi) is 4.27. The Morgan fingerprint density at radius 3 is 2.35 bits per heavy atom. The van der Waals surface area contributed by atoms with Gasteiger partial charge in [-0.15, -0.1) is 0 Å². The molecule has 0 fully saturated rings. The number of nitrogens with one attached hydrogen (secondary N) is 1. The molecule has 0 saturated heterocycles. The van der Waals surface area contributed by atoms with Gasteiger partial charge in [-0.3, -0.25) is 9.59 Å². The summed E-state index contributed by atoms with van der Waals surface area (Å²) < 4.78 is 1.55. The number of aliphatic carboxylic acids is 1. The van der Waals surface area contributed by atoms with Gasteiger partial charge in [-0.05, 0) is 41.5 Å². The number of carbonyl (C=O) groups is 1. The summed E-state index contributed by atoms with van der Waals surface area (Å²) in [6.07, 6.45) is 3.15. The van der Waals surface area contributed by atoms with Gasteiger partial charge in [0.2, 0.25) is 0 Å². The van der Waals surface area contributed by atoms with E-state index in [0.29, 0.717) is 0 Å². The zero-order chi connectivity index (χ0) is 15.7. The van der Waals surface area contributed by atoms with Crippen molar-refractivity contribution in [2.45, 2.75) is 53.1 Å². The van der Waals surface area contributed by atoms with Gasteiger partial charge in [0.15, 0.2) is 5.82 Å². The Balaban J connectivity index is 3.20. The molecule has 0 aliphatic carbocycles. The zero-order valence-corrected chi connectivity index (χ0v) is 12.9.